The molecule has 0 bridgehead atoms. The minimum Gasteiger partial charge on any atom is -0.480 e. The van der Waals surface area contributed by atoms with Crippen LogP contribution in [0.15, 0.2) is 42.5 Å². The Kier molecular flexibility index (Phi) is 3.98. The molecule has 1 aliphatic heterocycles. The number of aliphatic carboxylic acids is 1. The molecule has 2 aromatic carbocycles. The third kappa shape index (κ3) is 3.20. The van der Waals surface area contributed by atoms with Gasteiger partial charge < -0.3 is 20.3 Å². The fourth-order valence-electron chi connectivity index (χ4n) is 2.42. The summed E-state index contributed by atoms with van der Waals surface area (Å²) in [7, 11) is 0. The second-order valence-corrected chi connectivity index (χ2v) is 5.33. The predicted molar refractivity (Wildman–Crippen MR) is 81.1 cm³/mol. The van der Waals surface area contributed by atoms with E-state index in [9.17, 15) is 4.79 Å². The number of hydrogen-bond acceptors (Lipinski definition) is 4. The smallest absolute Gasteiger partial charge is 0.320 e. The van der Waals surface area contributed by atoms with Crippen molar-refractivity contribution in [1.82, 2.24) is 0 Å². The van der Waals surface area contributed by atoms with Crippen molar-refractivity contribution in [1.29, 1.82) is 0 Å². The summed E-state index contributed by atoms with van der Waals surface area (Å²) in [5, 5.41) is 8.82. The average molecular weight is 299 g/mol. The molecule has 22 heavy (non-hydrogen) atoms. The molecule has 1 heterocycles. The number of rotatable bonds is 5. The minimum absolute atomic E-state index is 0.275. The van der Waals surface area contributed by atoms with Gasteiger partial charge in [0, 0.05) is 0 Å². The molecule has 0 saturated heterocycles. The van der Waals surface area contributed by atoms with Gasteiger partial charge in [-0.3, -0.25) is 4.79 Å². The molecule has 0 radical (unpaired) electrons. The Hall–Kier alpha value is -2.53. The maximum atomic E-state index is 10.8. The molecule has 0 fully saturated rings. The van der Waals surface area contributed by atoms with Crippen LogP contribution < -0.4 is 15.2 Å². The topological polar surface area (TPSA) is 81.8 Å². The van der Waals surface area contributed by atoms with Crippen LogP contribution in [0, 0.1) is 0 Å². The van der Waals surface area contributed by atoms with Gasteiger partial charge in [-0.15, -0.1) is 0 Å². The molecule has 114 valence electrons. The number of benzene rings is 2. The van der Waals surface area contributed by atoms with Gasteiger partial charge in [0.15, 0.2) is 11.5 Å². The molecule has 1 atom stereocenters. The molecule has 1 aliphatic rings. The Morgan fingerprint density at radius 3 is 2.41 bits per heavy atom. The number of hydrogen-bond donors (Lipinski definition) is 2. The van der Waals surface area contributed by atoms with Crippen molar-refractivity contribution in [3.05, 3.63) is 59.2 Å². The average Bonchev–Trinajstić information content (AvgIpc) is 2.96. The van der Waals surface area contributed by atoms with Gasteiger partial charge >= 0.3 is 5.97 Å². The number of ether oxygens (including phenoxy) is 2. The first kappa shape index (κ1) is 14.4. The van der Waals surface area contributed by atoms with E-state index in [0.29, 0.717) is 6.42 Å². The summed E-state index contributed by atoms with van der Waals surface area (Å²) in [6.07, 6.45) is 1.11. The highest BCUT2D eigenvalue weighted by molar-refractivity contribution is 5.73. The Bertz CT molecular complexity index is 682. The van der Waals surface area contributed by atoms with E-state index in [1.807, 2.05) is 42.5 Å². The number of carbonyl (C=O) groups is 1. The minimum atomic E-state index is -0.982. The number of carboxylic acids is 1. The van der Waals surface area contributed by atoms with Crippen LogP contribution in [0.25, 0.3) is 0 Å². The van der Waals surface area contributed by atoms with Crippen LogP contribution in [0.3, 0.4) is 0 Å². The Balaban J connectivity index is 1.67. The fraction of sp³-hybridized carbons (Fsp3) is 0.235. The molecular weight excluding hydrogens is 282 g/mol. The maximum absolute atomic E-state index is 10.8. The van der Waals surface area contributed by atoms with Gasteiger partial charge in [0.05, 0.1) is 0 Å². The molecule has 0 spiro atoms. The van der Waals surface area contributed by atoms with Crippen molar-refractivity contribution in [2.45, 2.75) is 18.9 Å². The predicted octanol–water partition coefficient (Wildman–Crippen LogP) is 1.96. The van der Waals surface area contributed by atoms with Crippen molar-refractivity contribution in [2.24, 2.45) is 5.73 Å². The van der Waals surface area contributed by atoms with Crippen LogP contribution >= 0.6 is 0 Å². The number of carboxylic acid groups (broad SMARTS) is 1. The van der Waals surface area contributed by atoms with Crippen LogP contribution in [-0.2, 0) is 17.6 Å². The zero-order valence-electron chi connectivity index (χ0n) is 12.0. The van der Waals surface area contributed by atoms with Gasteiger partial charge in [0.2, 0.25) is 6.79 Å². The van der Waals surface area contributed by atoms with Gasteiger partial charge in [-0.2, -0.15) is 0 Å². The standard InChI is InChI=1S/C17H17NO4/c18-14(17(19)20)8-12-3-1-11(2-4-12)7-13-5-6-15-16(9-13)22-10-21-15/h1-6,9,14H,7-8,10,18H2,(H,19,20)/t14-/m0/s1. The maximum Gasteiger partial charge on any atom is 0.320 e. The third-order valence-electron chi connectivity index (χ3n) is 3.64. The first-order valence-electron chi connectivity index (χ1n) is 7.06. The summed E-state index contributed by atoms with van der Waals surface area (Å²) in [6, 6.07) is 12.9. The van der Waals surface area contributed by atoms with E-state index in [4.69, 9.17) is 20.3 Å². The molecule has 0 aromatic heterocycles. The SMILES string of the molecule is N[C@@H](Cc1ccc(Cc2ccc3c(c2)OCO3)cc1)C(=O)O. The van der Waals surface area contributed by atoms with E-state index in [2.05, 4.69) is 0 Å². The number of nitrogens with two attached hydrogens (primary N) is 1. The van der Waals surface area contributed by atoms with Crippen LogP contribution in [0.2, 0.25) is 0 Å². The van der Waals surface area contributed by atoms with E-state index < -0.39 is 12.0 Å². The summed E-state index contributed by atoms with van der Waals surface area (Å²) in [6.45, 7) is 0.275. The Morgan fingerprint density at radius 2 is 1.68 bits per heavy atom. The highest BCUT2D eigenvalue weighted by atomic mass is 16.7. The summed E-state index contributed by atoms with van der Waals surface area (Å²) >= 11 is 0. The molecule has 3 N–H and O–H groups in total. The zero-order chi connectivity index (χ0) is 15.5. The lowest BCUT2D eigenvalue weighted by molar-refractivity contribution is -0.138. The van der Waals surface area contributed by atoms with Gasteiger partial charge in [0.25, 0.3) is 0 Å². The van der Waals surface area contributed by atoms with Crippen LogP contribution in [-0.4, -0.2) is 23.9 Å². The summed E-state index contributed by atoms with van der Waals surface area (Å²) in [4.78, 5) is 10.8. The second-order valence-electron chi connectivity index (χ2n) is 5.33. The monoisotopic (exact) mass is 299 g/mol. The first-order chi connectivity index (χ1) is 10.6. The fourth-order valence-corrected chi connectivity index (χ4v) is 2.42. The molecule has 0 aliphatic carbocycles. The molecule has 5 heteroatoms. The Morgan fingerprint density at radius 1 is 1.05 bits per heavy atom. The van der Waals surface area contributed by atoms with Crippen molar-refractivity contribution >= 4 is 5.97 Å². The normalized spacial score (nSPS) is 13.9. The van der Waals surface area contributed by atoms with E-state index >= 15 is 0 Å². The Labute approximate surface area is 128 Å². The van der Waals surface area contributed by atoms with Crippen molar-refractivity contribution in [3.8, 4) is 11.5 Å². The molecule has 5 nitrogen and oxygen atoms in total. The number of fused-ring (bicyclic) bond motifs is 1. The lowest BCUT2D eigenvalue weighted by Crippen LogP contribution is -2.32. The summed E-state index contributed by atoms with van der Waals surface area (Å²) < 4.78 is 10.7. The zero-order valence-corrected chi connectivity index (χ0v) is 12.0. The second kappa shape index (κ2) is 6.07. The third-order valence-corrected chi connectivity index (χ3v) is 3.64. The van der Waals surface area contributed by atoms with E-state index in [1.165, 1.54) is 0 Å². The molecular formula is C17H17NO4. The van der Waals surface area contributed by atoms with Crippen molar-refractivity contribution in [2.75, 3.05) is 6.79 Å². The molecule has 0 unspecified atom stereocenters. The van der Waals surface area contributed by atoms with Gasteiger partial charge in [-0.1, -0.05) is 30.3 Å². The summed E-state index contributed by atoms with van der Waals surface area (Å²) in [5.74, 6) is 0.577. The lowest BCUT2D eigenvalue weighted by atomic mass is 10.0. The summed E-state index contributed by atoms with van der Waals surface area (Å²) in [5.41, 5.74) is 8.74. The van der Waals surface area contributed by atoms with Crippen molar-refractivity contribution in [3.63, 3.8) is 0 Å². The van der Waals surface area contributed by atoms with Crippen LogP contribution in [0.1, 0.15) is 16.7 Å². The van der Waals surface area contributed by atoms with E-state index in [0.717, 1.165) is 34.6 Å². The van der Waals surface area contributed by atoms with Gasteiger partial charge in [0.1, 0.15) is 6.04 Å². The molecule has 0 saturated carbocycles. The van der Waals surface area contributed by atoms with Crippen LogP contribution in [0.5, 0.6) is 11.5 Å². The van der Waals surface area contributed by atoms with E-state index in [1.54, 1.807) is 0 Å². The van der Waals surface area contributed by atoms with Gasteiger partial charge in [-0.05, 0) is 41.7 Å². The van der Waals surface area contributed by atoms with Gasteiger partial charge in [-0.25, -0.2) is 0 Å². The molecule has 3 rings (SSSR count). The highest BCUT2D eigenvalue weighted by Gasteiger charge is 2.14. The largest absolute Gasteiger partial charge is 0.480 e. The molecule has 0 amide bonds. The van der Waals surface area contributed by atoms with Crippen LogP contribution in [0.4, 0.5) is 0 Å². The lowest BCUT2D eigenvalue weighted by Gasteiger charge is -2.08. The highest BCUT2D eigenvalue weighted by Crippen LogP contribution is 2.33. The first-order valence-corrected chi connectivity index (χ1v) is 7.06. The quantitative estimate of drug-likeness (QED) is 0.882. The van der Waals surface area contributed by atoms with E-state index in [-0.39, 0.29) is 6.79 Å². The molecule has 2 aromatic rings. The van der Waals surface area contributed by atoms with Crippen molar-refractivity contribution < 1.29 is 19.4 Å².